The van der Waals surface area contributed by atoms with Crippen molar-refractivity contribution in [2.45, 2.75) is 39.4 Å². The number of nitrogens with zero attached hydrogens (tertiary/aromatic N) is 2. The van der Waals surface area contributed by atoms with E-state index >= 15 is 0 Å². The molecule has 9 heteroatoms. The van der Waals surface area contributed by atoms with Gasteiger partial charge in [-0.3, -0.25) is 14.5 Å². The van der Waals surface area contributed by atoms with Gasteiger partial charge in [0.05, 0.1) is 11.7 Å². The normalized spacial score (nSPS) is 14.7. The van der Waals surface area contributed by atoms with Gasteiger partial charge in [-0.2, -0.15) is 0 Å². The Morgan fingerprint density at radius 2 is 1.87 bits per heavy atom. The molecule has 0 aliphatic carbocycles. The van der Waals surface area contributed by atoms with E-state index in [4.69, 9.17) is 15.2 Å². The number of anilines is 3. The second-order valence-corrected chi connectivity index (χ2v) is 7.64. The van der Waals surface area contributed by atoms with Gasteiger partial charge in [0.25, 0.3) is 5.91 Å². The highest BCUT2D eigenvalue weighted by molar-refractivity contribution is 6.07. The number of nitrogen functional groups attached to an aromatic ring is 1. The average molecular weight is 412 g/mol. The summed E-state index contributed by atoms with van der Waals surface area (Å²) in [5.41, 5.74) is 5.44. The van der Waals surface area contributed by atoms with Gasteiger partial charge in [0.1, 0.15) is 12.4 Å². The van der Waals surface area contributed by atoms with E-state index < -0.39 is 23.4 Å². The smallest absolute Gasteiger partial charge is 0.338 e. The largest absolute Gasteiger partial charge is 0.474 e. The average Bonchev–Trinajstić information content (AvgIpc) is 2.66. The fraction of sp³-hybridized carbons (Fsp3) is 0.333. The van der Waals surface area contributed by atoms with E-state index in [2.05, 4.69) is 10.3 Å². The van der Waals surface area contributed by atoms with Gasteiger partial charge in [-0.25, -0.2) is 9.78 Å². The van der Waals surface area contributed by atoms with Crippen LogP contribution >= 0.6 is 0 Å². The molecule has 0 unspecified atom stereocenters. The van der Waals surface area contributed by atoms with Gasteiger partial charge < -0.3 is 20.5 Å². The molecule has 0 radical (unpaired) electrons. The first kappa shape index (κ1) is 21.1. The van der Waals surface area contributed by atoms with Crippen molar-refractivity contribution >= 4 is 35.1 Å². The van der Waals surface area contributed by atoms with Crippen LogP contribution in [0.4, 0.5) is 17.3 Å². The number of pyridine rings is 1. The molecule has 2 aromatic rings. The highest BCUT2D eigenvalue weighted by Gasteiger charge is 2.42. The molecule has 0 saturated carbocycles. The fourth-order valence-corrected chi connectivity index (χ4v) is 2.93. The van der Waals surface area contributed by atoms with Gasteiger partial charge >= 0.3 is 5.97 Å². The van der Waals surface area contributed by atoms with E-state index in [9.17, 15) is 14.4 Å². The highest BCUT2D eigenvalue weighted by atomic mass is 16.5. The lowest BCUT2D eigenvalue weighted by atomic mass is 10.1. The topological polar surface area (TPSA) is 124 Å². The summed E-state index contributed by atoms with van der Waals surface area (Å²) in [4.78, 5) is 42.7. The second kappa shape index (κ2) is 8.02. The second-order valence-electron chi connectivity index (χ2n) is 7.64. The van der Waals surface area contributed by atoms with Gasteiger partial charge in [-0.1, -0.05) is 0 Å². The minimum atomic E-state index is -1.15. The number of nitrogens with two attached hydrogens (primary N) is 1. The van der Waals surface area contributed by atoms with Crippen molar-refractivity contribution < 1.29 is 23.9 Å². The summed E-state index contributed by atoms with van der Waals surface area (Å²) >= 11 is 0. The Balaban J connectivity index is 1.73. The number of nitrogens with one attached hydrogen (secondary N) is 1. The van der Waals surface area contributed by atoms with E-state index in [1.165, 1.54) is 4.90 Å². The molecule has 30 heavy (non-hydrogen) atoms. The SMILES string of the molecule is CC(C)OC(=O)c1ccc(NC(=O)CN2C(=O)C(C)(C)Oc3ccc(N)nc32)cc1. The van der Waals surface area contributed by atoms with Crippen molar-refractivity contribution in [1.29, 1.82) is 0 Å². The molecule has 0 spiro atoms. The van der Waals surface area contributed by atoms with Crippen molar-refractivity contribution in [3.8, 4) is 5.75 Å². The number of aromatic nitrogens is 1. The van der Waals surface area contributed by atoms with Crippen molar-refractivity contribution in [3.63, 3.8) is 0 Å². The number of ether oxygens (including phenoxy) is 2. The predicted molar refractivity (Wildman–Crippen MR) is 111 cm³/mol. The minimum absolute atomic E-state index is 0.196. The molecule has 0 bridgehead atoms. The Hall–Kier alpha value is -3.62. The molecule has 1 aromatic heterocycles. The van der Waals surface area contributed by atoms with Gasteiger partial charge in [-0.15, -0.1) is 0 Å². The molecular weight excluding hydrogens is 388 g/mol. The van der Waals surface area contributed by atoms with E-state index in [-0.39, 0.29) is 24.3 Å². The quantitative estimate of drug-likeness (QED) is 0.723. The first-order valence-corrected chi connectivity index (χ1v) is 9.45. The molecule has 1 aromatic carbocycles. The molecule has 1 aliphatic heterocycles. The number of fused-ring (bicyclic) bond motifs is 1. The van der Waals surface area contributed by atoms with Crippen LogP contribution in [0.2, 0.25) is 0 Å². The Kier molecular flexibility index (Phi) is 5.64. The maximum atomic E-state index is 12.8. The van der Waals surface area contributed by atoms with Crippen LogP contribution in [-0.2, 0) is 14.3 Å². The van der Waals surface area contributed by atoms with Gasteiger partial charge in [0, 0.05) is 5.69 Å². The summed E-state index contributed by atoms with van der Waals surface area (Å²) in [7, 11) is 0. The van der Waals surface area contributed by atoms with E-state index in [1.807, 2.05) is 0 Å². The monoisotopic (exact) mass is 412 g/mol. The Morgan fingerprint density at radius 3 is 2.50 bits per heavy atom. The first-order chi connectivity index (χ1) is 14.1. The molecule has 2 amide bonds. The lowest BCUT2D eigenvalue weighted by molar-refractivity contribution is -0.133. The number of hydrogen-bond acceptors (Lipinski definition) is 7. The lowest BCUT2D eigenvalue weighted by Gasteiger charge is -2.37. The number of rotatable bonds is 5. The standard InChI is InChI=1S/C21H24N4O5/c1-12(2)29-19(27)13-5-7-14(8-6-13)23-17(26)11-25-18-15(9-10-16(22)24-18)30-21(3,4)20(25)28/h5-10,12H,11H2,1-4H3,(H2,22,24)(H,23,26). The summed E-state index contributed by atoms with van der Waals surface area (Å²) in [6.45, 7) is 6.50. The summed E-state index contributed by atoms with van der Waals surface area (Å²) in [6.07, 6.45) is -0.224. The molecule has 2 heterocycles. The zero-order valence-corrected chi connectivity index (χ0v) is 17.3. The molecule has 3 rings (SSSR count). The third kappa shape index (κ3) is 4.51. The Bertz CT molecular complexity index is 985. The number of hydrogen-bond donors (Lipinski definition) is 2. The third-order valence-corrected chi connectivity index (χ3v) is 4.29. The van der Waals surface area contributed by atoms with Crippen molar-refractivity contribution in [3.05, 3.63) is 42.0 Å². The van der Waals surface area contributed by atoms with E-state index in [1.54, 1.807) is 64.1 Å². The molecule has 1 aliphatic rings. The van der Waals surface area contributed by atoms with Crippen LogP contribution < -0.4 is 20.7 Å². The van der Waals surface area contributed by atoms with E-state index in [0.717, 1.165) is 0 Å². The zero-order chi connectivity index (χ0) is 22.1. The predicted octanol–water partition coefficient (Wildman–Crippen LogP) is 2.37. The van der Waals surface area contributed by atoms with Crippen molar-refractivity contribution in [2.24, 2.45) is 0 Å². The Morgan fingerprint density at radius 1 is 1.20 bits per heavy atom. The number of esters is 1. The zero-order valence-electron chi connectivity index (χ0n) is 17.3. The summed E-state index contributed by atoms with van der Waals surface area (Å²) in [6, 6.07) is 9.47. The summed E-state index contributed by atoms with van der Waals surface area (Å²) < 4.78 is 10.8. The van der Waals surface area contributed by atoms with Gasteiger partial charge in [0.2, 0.25) is 5.91 Å². The molecule has 3 N–H and O–H groups in total. The number of benzene rings is 1. The lowest BCUT2D eigenvalue weighted by Crippen LogP contribution is -2.54. The van der Waals surface area contributed by atoms with E-state index in [0.29, 0.717) is 17.0 Å². The van der Waals surface area contributed by atoms with Crippen LogP contribution in [0.1, 0.15) is 38.1 Å². The Labute approximate surface area is 174 Å². The molecular formula is C21H24N4O5. The number of carbonyl (C=O) groups is 3. The number of carbonyl (C=O) groups excluding carboxylic acids is 3. The molecule has 0 saturated heterocycles. The minimum Gasteiger partial charge on any atom is -0.474 e. The highest BCUT2D eigenvalue weighted by Crippen LogP contribution is 2.36. The molecule has 0 atom stereocenters. The van der Waals surface area contributed by atoms with Crippen LogP contribution in [0, 0.1) is 0 Å². The first-order valence-electron chi connectivity index (χ1n) is 9.45. The molecule has 9 nitrogen and oxygen atoms in total. The number of amides is 2. The molecule has 158 valence electrons. The van der Waals surface area contributed by atoms with Gasteiger partial charge in [-0.05, 0) is 64.1 Å². The summed E-state index contributed by atoms with van der Waals surface area (Å²) in [5.74, 6) is -0.511. The molecule has 0 fully saturated rings. The summed E-state index contributed by atoms with van der Waals surface area (Å²) in [5, 5.41) is 2.70. The van der Waals surface area contributed by atoms with Crippen molar-refractivity contribution in [1.82, 2.24) is 4.98 Å². The third-order valence-electron chi connectivity index (χ3n) is 4.29. The fourth-order valence-electron chi connectivity index (χ4n) is 2.93. The van der Waals surface area contributed by atoms with Gasteiger partial charge in [0.15, 0.2) is 17.2 Å². The maximum absolute atomic E-state index is 12.8. The van der Waals surface area contributed by atoms with Crippen LogP contribution in [0.25, 0.3) is 0 Å². The van der Waals surface area contributed by atoms with Crippen LogP contribution in [0.5, 0.6) is 5.75 Å². The van der Waals surface area contributed by atoms with Crippen LogP contribution in [0.3, 0.4) is 0 Å². The van der Waals surface area contributed by atoms with Crippen LogP contribution in [-0.4, -0.2) is 41.0 Å². The van der Waals surface area contributed by atoms with Crippen molar-refractivity contribution in [2.75, 3.05) is 22.5 Å². The van der Waals surface area contributed by atoms with Crippen LogP contribution in [0.15, 0.2) is 36.4 Å². The maximum Gasteiger partial charge on any atom is 0.338 e.